The summed E-state index contributed by atoms with van der Waals surface area (Å²) in [6, 6.07) is 16.6. The standard InChI is InChI=1S/C21H14O3/c1-13-11-15(12-18(24-13)14-7-3-2-4-8-14)19-20(22)16-9-5-6-10-17(16)21(19)23/h2-12H,1H3. The van der Waals surface area contributed by atoms with E-state index in [1.165, 1.54) is 0 Å². The molecule has 0 radical (unpaired) electrons. The number of allylic oxidation sites excluding steroid dienone is 5. The molecule has 0 amide bonds. The largest absolute Gasteiger partial charge is 0.461 e. The lowest BCUT2D eigenvalue weighted by Gasteiger charge is -2.17. The number of benzene rings is 2. The SMILES string of the molecule is CC1=CC(=C2C(=O)c3ccccc3C2=O)C=C(c2ccccc2)O1. The van der Waals surface area contributed by atoms with Crippen molar-refractivity contribution in [2.24, 2.45) is 0 Å². The molecule has 0 fully saturated rings. The van der Waals surface area contributed by atoms with Crippen molar-refractivity contribution < 1.29 is 14.3 Å². The molecule has 0 atom stereocenters. The highest BCUT2D eigenvalue weighted by Gasteiger charge is 2.35. The Balaban J connectivity index is 1.88. The molecule has 0 bridgehead atoms. The fourth-order valence-corrected chi connectivity index (χ4v) is 3.04. The summed E-state index contributed by atoms with van der Waals surface area (Å²) in [4.78, 5) is 25.4. The number of fused-ring (bicyclic) bond motifs is 1. The van der Waals surface area contributed by atoms with Crippen molar-refractivity contribution >= 4 is 17.3 Å². The molecular formula is C21H14O3. The minimum absolute atomic E-state index is 0.215. The first-order valence-corrected chi connectivity index (χ1v) is 7.71. The highest BCUT2D eigenvalue weighted by molar-refractivity contribution is 6.40. The van der Waals surface area contributed by atoms with Crippen LogP contribution >= 0.6 is 0 Å². The third-order valence-electron chi connectivity index (χ3n) is 4.13. The molecule has 0 N–H and O–H groups in total. The maximum atomic E-state index is 12.7. The Bertz CT molecular complexity index is 923. The second kappa shape index (κ2) is 5.46. The Morgan fingerprint density at radius 1 is 0.750 bits per heavy atom. The van der Waals surface area contributed by atoms with Gasteiger partial charge in [0, 0.05) is 16.7 Å². The second-order valence-corrected chi connectivity index (χ2v) is 5.77. The van der Waals surface area contributed by atoms with Crippen LogP contribution in [0.5, 0.6) is 0 Å². The van der Waals surface area contributed by atoms with E-state index < -0.39 is 0 Å². The van der Waals surface area contributed by atoms with Crippen LogP contribution in [-0.4, -0.2) is 11.6 Å². The quantitative estimate of drug-likeness (QED) is 0.581. The number of carbonyl (C=O) groups excluding carboxylic acids is 2. The van der Waals surface area contributed by atoms with E-state index in [-0.39, 0.29) is 17.1 Å². The van der Waals surface area contributed by atoms with Gasteiger partial charge in [-0.05, 0) is 24.6 Å². The number of ketones is 2. The smallest absolute Gasteiger partial charge is 0.198 e. The molecule has 2 aliphatic rings. The van der Waals surface area contributed by atoms with Crippen LogP contribution in [0.25, 0.3) is 5.76 Å². The summed E-state index contributed by atoms with van der Waals surface area (Å²) in [5.74, 6) is 0.838. The van der Waals surface area contributed by atoms with Crippen LogP contribution in [0.15, 0.2) is 83.7 Å². The minimum atomic E-state index is -0.222. The van der Waals surface area contributed by atoms with E-state index in [2.05, 4.69) is 0 Å². The van der Waals surface area contributed by atoms with E-state index in [1.54, 1.807) is 36.4 Å². The molecule has 1 aliphatic carbocycles. The molecular weight excluding hydrogens is 300 g/mol. The van der Waals surface area contributed by atoms with Crippen molar-refractivity contribution in [2.45, 2.75) is 6.92 Å². The highest BCUT2D eigenvalue weighted by Crippen LogP contribution is 2.33. The van der Waals surface area contributed by atoms with Gasteiger partial charge in [0.15, 0.2) is 11.6 Å². The van der Waals surface area contributed by atoms with Gasteiger partial charge in [0.2, 0.25) is 0 Å². The van der Waals surface area contributed by atoms with E-state index in [4.69, 9.17) is 4.74 Å². The van der Waals surface area contributed by atoms with Gasteiger partial charge >= 0.3 is 0 Å². The number of Topliss-reactive ketones (excluding diaryl/α,β-unsaturated/α-hetero) is 2. The molecule has 3 nitrogen and oxygen atoms in total. The minimum Gasteiger partial charge on any atom is -0.461 e. The molecule has 0 aromatic heterocycles. The first-order valence-electron chi connectivity index (χ1n) is 7.71. The zero-order valence-electron chi connectivity index (χ0n) is 13.1. The summed E-state index contributed by atoms with van der Waals surface area (Å²) in [5, 5.41) is 0. The van der Waals surface area contributed by atoms with Crippen molar-refractivity contribution in [3.8, 4) is 0 Å². The van der Waals surface area contributed by atoms with E-state index in [0.717, 1.165) is 5.56 Å². The summed E-state index contributed by atoms with van der Waals surface area (Å²) in [6.45, 7) is 1.81. The maximum Gasteiger partial charge on any atom is 0.198 e. The average molecular weight is 314 g/mol. The van der Waals surface area contributed by atoms with E-state index >= 15 is 0 Å². The molecule has 2 aromatic rings. The Labute approximate surface area is 139 Å². The van der Waals surface area contributed by atoms with Gasteiger partial charge in [0.1, 0.15) is 11.5 Å². The summed E-state index contributed by atoms with van der Waals surface area (Å²) in [6.07, 6.45) is 3.50. The third kappa shape index (κ3) is 2.22. The first kappa shape index (κ1) is 14.4. The Hall–Kier alpha value is -3.20. The van der Waals surface area contributed by atoms with Crippen molar-refractivity contribution in [1.82, 2.24) is 0 Å². The zero-order chi connectivity index (χ0) is 16.7. The van der Waals surface area contributed by atoms with E-state index in [1.807, 2.05) is 37.3 Å². The monoisotopic (exact) mass is 314 g/mol. The van der Waals surface area contributed by atoms with E-state index in [0.29, 0.717) is 28.2 Å². The maximum absolute atomic E-state index is 12.7. The predicted molar refractivity (Wildman–Crippen MR) is 91.4 cm³/mol. The number of hydrogen-bond acceptors (Lipinski definition) is 3. The van der Waals surface area contributed by atoms with Gasteiger partial charge in [-0.25, -0.2) is 0 Å². The summed E-state index contributed by atoms with van der Waals surface area (Å²) < 4.78 is 5.78. The van der Waals surface area contributed by atoms with Crippen molar-refractivity contribution in [3.63, 3.8) is 0 Å². The van der Waals surface area contributed by atoms with Gasteiger partial charge in [-0.1, -0.05) is 54.6 Å². The van der Waals surface area contributed by atoms with Crippen molar-refractivity contribution in [1.29, 1.82) is 0 Å². The molecule has 24 heavy (non-hydrogen) atoms. The molecule has 3 heteroatoms. The molecule has 0 saturated carbocycles. The highest BCUT2D eigenvalue weighted by atomic mass is 16.5. The van der Waals surface area contributed by atoms with Gasteiger partial charge in [-0.3, -0.25) is 9.59 Å². The fraction of sp³-hybridized carbons (Fsp3) is 0.0476. The lowest BCUT2D eigenvalue weighted by molar-refractivity contribution is 0.0988. The second-order valence-electron chi connectivity index (χ2n) is 5.77. The van der Waals surface area contributed by atoms with Crippen LogP contribution in [0, 0.1) is 0 Å². The topological polar surface area (TPSA) is 43.4 Å². The number of carbonyl (C=O) groups is 2. The summed E-state index contributed by atoms with van der Waals surface area (Å²) >= 11 is 0. The number of hydrogen-bond donors (Lipinski definition) is 0. The molecule has 0 spiro atoms. The molecule has 0 unspecified atom stereocenters. The summed E-state index contributed by atoms with van der Waals surface area (Å²) in [5.41, 5.74) is 2.66. The molecule has 1 aliphatic heterocycles. The molecule has 4 rings (SSSR count). The molecule has 2 aromatic carbocycles. The summed E-state index contributed by atoms with van der Waals surface area (Å²) in [7, 11) is 0. The molecule has 116 valence electrons. The van der Waals surface area contributed by atoms with Crippen molar-refractivity contribution in [3.05, 3.63) is 100 Å². The normalized spacial score (nSPS) is 16.5. The van der Waals surface area contributed by atoms with Gasteiger partial charge in [-0.15, -0.1) is 0 Å². The molecule has 0 saturated heterocycles. The zero-order valence-corrected chi connectivity index (χ0v) is 13.1. The lowest BCUT2D eigenvalue weighted by Crippen LogP contribution is -2.07. The predicted octanol–water partition coefficient (Wildman–Crippen LogP) is 4.34. The van der Waals surface area contributed by atoms with E-state index in [9.17, 15) is 9.59 Å². The van der Waals surface area contributed by atoms with Crippen LogP contribution in [0.4, 0.5) is 0 Å². The van der Waals surface area contributed by atoms with Crippen LogP contribution in [0.3, 0.4) is 0 Å². The average Bonchev–Trinajstić information content (AvgIpc) is 2.87. The van der Waals surface area contributed by atoms with Crippen LogP contribution in [0.1, 0.15) is 33.2 Å². The Kier molecular flexibility index (Phi) is 3.28. The van der Waals surface area contributed by atoms with Crippen molar-refractivity contribution in [2.75, 3.05) is 0 Å². The van der Waals surface area contributed by atoms with Crippen LogP contribution in [0.2, 0.25) is 0 Å². The van der Waals surface area contributed by atoms with Gasteiger partial charge in [-0.2, -0.15) is 0 Å². The van der Waals surface area contributed by atoms with Gasteiger partial charge in [0.05, 0.1) is 5.57 Å². The Morgan fingerprint density at radius 3 is 1.96 bits per heavy atom. The van der Waals surface area contributed by atoms with Gasteiger partial charge < -0.3 is 4.74 Å². The fourth-order valence-electron chi connectivity index (χ4n) is 3.04. The van der Waals surface area contributed by atoms with Gasteiger partial charge in [0.25, 0.3) is 0 Å². The first-order chi connectivity index (χ1) is 11.6. The third-order valence-corrected chi connectivity index (χ3v) is 4.13. The lowest BCUT2D eigenvalue weighted by atomic mass is 9.99. The van der Waals surface area contributed by atoms with Crippen LogP contribution < -0.4 is 0 Å². The van der Waals surface area contributed by atoms with Crippen LogP contribution in [-0.2, 0) is 4.74 Å². The Morgan fingerprint density at radius 2 is 1.33 bits per heavy atom. The molecule has 1 heterocycles. The number of ether oxygens (including phenoxy) is 1. The number of rotatable bonds is 1.